The normalized spacial score (nSPS) is 16.8. The Kier molecular flexibility index (Phi) is 3.87. The van der Waals surface area contributed by atoms with E-state index in [1.165, 1.54) is 0 Å². The van der Waals surface area contributed by atoms with Gasteiger partial charge in [0, 0.05) is 17.5 Å². The van der Waals surface area contributed by atoms with Gasteiger partial charge in [0.15, 0.2) is 5.78 Å². The topological polar surface area (TPSA) is 47.6 Å². The van der Waals surface area contributed by atoms with Crippen molar-refractivity contribution in [3.8, 4) is 11.5 Å². The van der Waals surface area contributed by atoms with Crippen LogP contribution >= 0.6 is 0 Å². The van der Waals surface area contributed by atoms with Crippen LogP contribution < -0.4 is 14.8 Å². The molecule has 1 heterocycles. The van der Waals surface area contributed by atoms with E-state index in [-0.39, 0.29) is 11.7 Å². The molecule has 0 saturated carbocycles. The Morgan fingerprint density at radius 1 is 1.22 bits per heavy atom. The highest BCUT2D eigenvalue weighted by atomic mass is 16.5. The first-order valence-corrected chi connectivity index (χ1v) is 6.13. The van der Waals surface area contributed by atoms with Gasteiger partial charge in [-0.2, -0.15) is 0 Å². The molecule has 0 aliphatic carbocycles. The number of rotatable bonds is 5. The van der Waals surface area contributed by atoms with Gasteiger partial charge in [0.1, 0.15) is 11.5 Å². The molecule has 1 aliphatic rings. The first-order chi connectivity index (χ1) is 8.65. The Morgan fingerprint density at radius 2 is 1.78 bits per heavy atom. The van der Waals surface area contributed by atoms with E-state index in [4.69, 9.17) is 9.47 Å². The molecular formula is C14H19NO3. The summed E-state index contributed by atoms with van der Waals surface area (Å²) in [5.41, 5.74) is 0.658. The SMILES string of the molecule is COc1cc(OC)cc(C(=O)C(C)C2CNC2)c1. The summed E-state index contributed by atoms with van der Waals surface area (Å²) in [6, 6.07) is 5.31. The van der Waals surface area contributed by atoms with Crippen molar-refractivity contribution in [1.29, 1.82) is 0 Å². The highest BCUT2D eigenvalue weighted by molar-refractivity contribution is 5.98. The molecule has 1 atom stereocenters. The molecule has 0 bridgehead atoms. The lowest BCUT2D eigenvalue weighted by Gasteiger charge is -2.31. The predicted molar refractivity (Wildman–Crippen MR) is 69.4 cm³/mol. The summed E-state index contributed by atoms with van der Waals surface area (Å²) in [6.07, 6.45) is 0. The third-order valence-corrected chi connectivity index (χ3v) is 3.57. The molecule has 1 aromatic carbocycles. The van der Waals surface area contributed by atoms with Crippen molar-refractivity contribution in [3.63, 3.8) is 0 Å². The minimum absolute atomic E-state index is 0.0306. The molecule has 1 aliphatic heterocycles. The second-order valence-electron chi connectivity index (χ2n) is 4.67. The summed E-state index contributed by atoms with van der Waals surface area (Å²) in [5.74, 6) is 1.92. The van der Waals surface area contributed by atoms with Gasteiger partial charge in [-0.1, -0.05) is 6.92 Å². The quantitative estimate of drug-likeness (QED) is 0.807. The van der Waals surface area contributed by atoms with Crippen LogP contribution in [0.3, 0.4) is 0 Å². The van der Waals surface area contributed by atoms with Crippen LogP contribution in [0.25, 0.3) is 0 Å². The van der Waals surface area contributed by atoms with Crippen LogP contribution in [0.1, 0.15) is 17.3 Å². The largest absolute Gasteiger partial charge is 0.497 e. The van der Waals surface area contributed by atoms with Crippen LogP contribution in [0.5, 0.6) is 11.5 Å². The van der Waals surface area contributed by atoms with Crippen molar-refractivity contribution in [2.45, 2.75) is 6.92 Å². The van der Waals surface area contributed by atoms with Gasteiger partial charge in [0.05, 0.1) is 14.2 Å². The third-order valence-electron chi connectivity index (χ3n) is 3.57. The Morgan fingerprint density at radius 3 is 2.17 bits per heavy atom. The zero-order valence-electron chi connectivity index (χ0n) is 11.0. The highest BCUT2D eigenvalue weighted by Crippen LogP contribution is 2.27. The molecule has 0 spiro atoms. The second-order valence-corrected chi connectivity index (χ2v) is 4.67. The van der Waals surface area contributed by atoms with E-state index in [9.17, 15) is 4.79 Å². The van der Waals surface area contributed by atoms with Gasteiger partial charge < -0.3 is 14.8 Å². The smallest absolute Gasteiger partial charge is 0.166 e. The van der Waals surface area contributed by atoms with Crippen molar-refractivity contribution >= 4 is 5.78 Å². The van der Waals surface area contributed by atoms with Gasteiger partial charge in [-0.05, 0) is 31.1 Å². The van der Waals surface area contributed by atoms with Crippen molar-refractivity contribution < 1.29 is 14.3 Å². The number of carbonyl (C=O) groups excluding carboxylic acids is 1. The first-order valence-electron chi connectivity index (χ1n) is 6.13. The Hall–Kier alpha value is -1.55. The molecule has 2 rings (SSSR count). The van der Waals surface area contributed by atoms with Gasteiger partial charge in [0.25, 0.3) is 0 Å². The Balaban J connectivity index is 2.22. The molecule has 1 saturated heterocycles. The molecule has 1 unspecified atom stereocenters. The van der Waals surface area contributed by atoms with E-state index in [0.29, 0.717) is 23.0 Å². The summed E-state index contributed by atoms with van der Waals surface area (Å²) in [6.45, 7) is 3.84. The first kappa shape index (κ1) is 12.9. The van der Waals surface area contributed by atoms with Crippen molar-refractivity contribution in [2.24, 2.45) is 11.8 Å². The molecule has 0 radical (unpaired) electrons. The molecular weight excluding hydrogens is 230 g/mol. The third kappa shape index (κ3) is 2.48. The summed E-state index contributed by atoms with van der Waals surface area (Å²) >= 11 is 0. The summed E-state index contributed by atoms with van der Waals surface area (Å²) in [5, 5.41) is 3.19. The number of ketones is 1. The maximum atomic E-state index is 12.4. The minimum atomic E-state index is 0.0306. The monoisotopic (exact) mass is 249 g/mol. The van der Waals surface area contributed by atoms with Gasteiger partial charge in [-0.25, -0.2) is 0 Å². The standard InChI is InChI=1S/C14H19NO3/c1-9(11-7-15-8-11)14(16)10-4-12(17-2)6-13(5-10)18-3/h4-6,9,11,15H,7-8H2,1-3H3. The number of nitrogens with one attached hydrogen (secondary N) is 1. The van der Waals surface area contributed by atoms with Gasteiger partial charge >= 0.3 is 0 Å². The molecule has 1 N–H and O–H groups in total. The van der Waals surface area contributed by atoms with E-state index >= 15 is 0 Å². The minimum Gasteiger partial charge on any atom is -0.497 e. The highest BCUT2D eigenvalue weighted by Gasteiger charge is 2.29. The number of hydrogen-bond acceptors (Lipinski definition) is 4. The number of carbonyl (C=O) groups is 1. The predicted octanol–water partition coefficient (Wildman–Crippen LogP) is 1.74. The molecule has 4 nitrogen and oxygen atoms in total. The van der Waals surface area contributed by atoms with Crippen molar-refractivity contribution in [3.05, 3.63) is 23.8 Å². The van der Waals surface area contributed by atoms with Crippen LogP contribution in [0.2, 0.25) is 0 Å². The lowest BCUT2D eigenvalue weighted by Crippen LogP contribution is -2.47. The Bertz CT molecular complexity index is 418. The number of ether oxygens (including phenoxy) is 2. The molecule has 1 aromatic rings. The molecule has 4 heteroatoms. The molecule has 0 amide bonds. The fourth-order valence-corrected chi connectivity index (χ4v) is 2.09. The van der Waals surface area contributed by atoms with E-state index < -0.39 is 0 Å². The number of benzene rings is 1. The molecule has 1 fully saturated rings. The fraction of sp³-hybridized carbons (Fsp3) is 0.500. The van der Waals surface area contributed by atoms with E-state index in [1.807, 2.05) is 6.92 Å². The van der Waals surface area contributed by atoms with Crippen LogP contribution in [0, 0.1) is 11.8 Å². The van der Waals surface area contributed by atoms with Gasteiger partial charge in [-0.15, -0.1) is 0 Å². The fourth-order valence-electron chi connectivity index (χ4n) is 2.09. The van der Waals surface area contributed by atoms with Crippen LogP contribution in [0.15, 0.2) is 18.2 Å². The van der Waals surface area contributed by atoms with Crippen molar-refractivity contribution in [2.75, 3.05) is 27.3 Å². The average molecular weight is 249 g/mol. The zero-order valence-corrected chi connectivity index (χ0v) is 11.0. The van der Waals surface area contributed by atoms with Gasteiger partial charge in [-0.3, -0.25) is 4.79 Å². The van der Waals surface area contributed by atoms with E-state index in [1.54, 1.807) is 32.4 Å². The van der Waals surface area contributed by atoms with Crippen LogP contribution in [-0.2, 0) is 0 Å². The molecule has 98 valence electrons. The number of Topliss-reactive ketones (excluding diaryl/α,β-unsaturated/α-hetero) is 1. The average Bonchev–Trinajstić information content (AvgIpc) is 2.34. The zero-order chi connectivity index (χ0) is 13.1. The molecule has 0 aromatic heterocycles. The van der Waals surface area contributed by atoms with Crippen LogP contribution in [-0.4, -0.2) is 33.1 Å². The lowest BCUT2D eigenvalue weighted by atomic mass is 9.83. The lowest BCUT2D eigenvalue weighted by molar-refractivity contribution is 0.0853. The molecule has 18 heavy (non-hydrogen) atoms. The second kappa shape index (κ2) is 5.40. The Labute approximate surface area is 107 Å². The summed E-state index contributed by atoms with van der Waals surface area (Å²) < 4.78 is 10.4. The van der Waals surface area contributed by atoms with Crippen molar-refractivity contribution in [1.82, 2.24) is 5.32 Å². The van der Waals surface area contributed by atoms with E-state index in [0.717, 1.165) is 13.1 Å². The summed E-state index contributed by atoms with van der Waals surface area (Å²) in [4.78, 5) is 12.4. The number of hydrogen-bond donors (Lipinski definition) is 1. The number of methoxy groups -OCH3 is 2. The maximum Gasteiger partial charge on any atom is 0.166 e. The van der Waals surface area contributed by atoms with Gasteiger partial charge in [0.2, 0.25) is 0 Å². The van der Waals surface area contributed by atoms with E-state index in [2.05, 4.69) is 5.32 Å². The summed E-state index contributed by atoms with van der Waals surface area (Å²) in [7, 11) is 3.17. The maximum absolute atomic E-state index is 12.4. The van der Waals surface area contributed by atoms with Crippen LogP contribution in [0.4, 0.5) is 0 Å².